The highest BCUT2D eigenvalue weighted by atomic mass is 79.9. The van der Waals surface area contributed by atoms with Gasteiger partial charge in [-0.1, -0.05) is 24.3 Å². The first kappa shape index (κ1) is 13.1. The molecule has 3 heteroatoms. The summed E-state index contributed by atoms with van der Waals surface area (Å²) < 4.78 is 20.1. The number of benzene rings is 2. The van der Waals surface area contributed by atoms with Crippen LogP contribution in [0.2, 0.25) is 0 Å². The van der Waals surface area contributed by atoms with Crippen LogP contribution in [0.25, 0.3) is 0 Å². The summed E-state index contributed by atoms with van der Waals surface area (Å²) in [7, 11) is 0. The van der Waals surface area contributed by atoms with E-state index in [4.69, 9.17) is 4.74 Å². The van der Waals surface area contributed by atoms with Crippen LogP contribution < -0.4 is 4.74 Å². The zero-order valence-corrected chi connectivity index (χ0v) is 11.9. The van der Waals surface area contributed by atoms with E-state index in [-0.39, 0.29) is 12.4 Å². The highest BCUT2D eigenvalue weighted by Crippen LogP contribution is 2.30. The highest BCUT2D eigenvalue weighted by Gasteiger charge is 2.08. The van der Waals surface area contributed by atoms with E-state index in [1.165, 1.54) is 6.07 Å². The van der Waals surface area contributed by atoms with E-state index in [0.29, 0.717) is 5.56 Å². The molecule has 0 radical (unpaired) electrons. The van der Waals surface area contributed by atoms with E-state index in [2.05, 4.69) is 15.9 Å². The molecule has 18 heavy (non-hydrogen) atoms. The standard InChI is InChI=1S/C15H14BrFO/c1-10-7-11(2)15(13(16)8-10)18-9-12-5-3-4-6-14(12)17/h3-8H,9H2,1-2H3. The maximum absolute atomic E-state index is 13.5. The minimum atomic E-state index is -0.238. The van der Waals surface area contributed by atoms with Crippen molar-refractivity contribution in [2.75, 3.05) is 0 Å². The number of aryl methyl sites for hydroxylation is 2. The molecule has 0 saturated carbocycles. The lowest BCUT2D eigenvalue weighted by Gasteiger charge is -2.12. The van der Waals surface area contributed by atoms with Crippen LogP contribution in [-0.2, 0) is 6.61 Å². The molecule has 0 unspecified atom stereocenters. The van der Waals surface area contributed by atoms with E-state index in [0.717, 1.165) is 21.3 Å². The molecule has 0 N–H and O–H groups in total. The number of ether oxygens (including phenoxy) is 1. The van der Waals surface area contributed by atoms with Crippen LogP contribution in [0.15, 0.2) is 40.9 Å². The Kier molecular flexibility index (Phi) is 4.02. The molecule has 0 aromatic heterocycles. The van der Waals surface area contributed by atoms with Gasteiger partial charge < -0.3 is 4.74 Å². The number of hydrogen-bond acceptors (Lipinski definition) is 1. The van der Waals surface area contributed by atoms with Crippen molar-refractivity contribution in [3.05, 3.63) is 63.4 Å². The molecule has 0 amide bonds. The Balaban J connectivity index is 2.19. The molecule has 2 aromatic rings. The topological polar surface area (TPSA) is 9.23 Å². The van der Waals surface area contributed by atoms with E-state index in [9.17, 15) is 4.39 Å². The van der Waals surface area contributed by atoms with Crippen molar-refractivity contribution >= 4 is 15.9 Å². The second-order valence-corrected chi connectivity index (χ2v) is 5.13. The minimum Gasteiger partial charge on any atom is -0.487 e. The maximum Gasteiger partial charge on any atom is 0.136 e. The van der Waals surface area contributed by atoms with Gasteiger partial charge in [0, 0.05) is 5.56 Å². The van der Waals surface area contributed by atoms with Gasteiger partial charge in [-0.05, 0) is 53.0 Å². The Morgan fingerprint density at radius 2 is 1.89 bits per heavy atom. The molecule has 0 spiro atoms. The van der Waals surface area contributed by atoms with Gasteiger partial charge in [0.05, 0.1) is 4.47 Å². The number of hydrogen-bond donors (Lipinski definition) is 0. The zero-order chi connectivity index (χ0) is 13.1. The molecular weight excluding hydrogens is 295 g/mol. The van der Waals surface area contributed by atoms with E-state index >= 15 is 0 Å². The minimum absolute atomic E-state index is 0.231. The summed E-state index contributed by atoms with van der Waals surface area (Å²) in [6.45, 7) is 4.24. The van der Waals surface area contributed by atoms with Gasteiger partial charge in [-0.3, -0.25) is 0 Å². The third kappa shape index (κ3) is 2.91. The molecule has 0 aliphatic heterocycles. The van der Waals surface area contributed by atoms with Crippen LogP contribution in [0.1, 0.15) is 16.7 Å². The fourth-order valence-electron chi connectivity index (χ4n) is 1.85. The van der Waals surface area contributed by atoms with Gasteiger partial charge in [0.25, 0.3) is 0 Å². The summed E-state index contributed by atoms with van der Waals surface area (Å²) in [6, 6.07) is 10.7. The first-order valence-corrected chi connectivity index (χ1v) is 6.50. The van der Waals surface area contributed by atoms with Crippen molar-refractivity contribution in [2.45, 2.75) is 20.5 Å². The molecule has 2 aromatic carbocycles. The Morgan fingerprint density at radius 3 is 2.56 bits per heavy atom. The van der Waals surface area contributed by atoms with Crippen molar-refractivity contribution in [1.82, 2.24) is 0 Å². The molecule has 0 heterocycles. The molecule has 1 nitrogen and oxygen atoms in total. The van der Waals surface area contributed by atoms with E-state index in [1.807, 2.05) is 26.0 Å². The summed E-state index contributed by atoms with van der Waals surface area (Å²) in [4.78, 5) is 0. The quantitative estimate of drug-likeness (QED) is 0.792. The molecule has 0 bridgehead atoms. The van der Waals surface area contributed by atoms with Crippen molar-refractivity contribution < 1.29 is 9.13 Å². The summed E-state index contributed by atoms with van der Waals surface area (Å²) in [5.41, 5.74) is 2.76. The van der Waals surface area contributed by atoms with Crippen LogP contribution in [0.3, 0.4) is 0 Å². The third-order valence-corrected chi connectivity index (χ3v) is 3.29. The average molecular weight is 309 g/mol. The van der Waals surface area contributed by atoms with Gasteiger partial charge in [-0.15, -0.1) is 0 Å². The second-order valence-electron chi connectivity index (χ2n) is 4.27. The van der Waals surface area contributed by atoms with Crippen molar-refractivity contribution in [3.63, 3.8) is 0 Å². The summed E-state index contributed by atoms with van der Waals surface area (Å²) in [5, 5.41) is 0. The van der Waals surface area contributed by atoms with E-state index in [1.54, 1.807) is 18.2 Å². The van der Waals surface area contributed by atoms with Crippen LogP contribution in [0, 0.1) is 19.7 Å². The van der Waals surface area contributed by atoms with Gasteiger partial charge in [0.2, 0.25) is 0 Å². The number of rotatable bonds is 3. The zero-order valence-electron chi connectivity index (χ0n) is 10.3. The summed E-state index contributed by atoms with van der Waals surface area (Å²) in [6.07, 6.45) is 0. The fourth-order valence-corrected chi connectivity index (χ4v) is 2.64. The van der Waals surface area contributed by atoms with Gasteiger partial charge in [0.15, 0.2) is 0 Å². The van der Waals surface area contributed by atoms with E-state index < -0.39 is 0 Å². The molecule has 0 aliphatic carbocycles. The third-order valence-electron chi connectivity index (χ3n) is 2.70. The molecule has 94 valence electrons. The SMILES string of the molecule is Cc1cc(C)c(OCc2ccccc2F)c(Br)c1. The Labute approximate surface area is 115 Å². The van der Waals surface area contributed by atoms with Gasteiger partial charge in [-0.25, -0.2) is 4.39 Å². The van der Waals surface area contributed by atoms with Crippen molar-refractivity contribution in [1.29, 1.82) is 0 Å². The van der Waals surface area contributed by atoms with Crippen LogP contribution >= 0.6 is 15.9 Å². The molecule has 0 atom stereocenters. The molecule has 0 aliphatic rings. The molecule has 2 rings (SSSR count). The van der Waals surface area contributed by atoms with Gasteiger partial charge >= 0.3 is 0 Å². The van der Waals surface area contributed by atoms with Crippen molar-refractivity contribution in [2.24, 2.45) is 0 Å². The molecule has 0 fully saturated rings. The smallest absolute Gasteiger partial charge is 0.136 e. The lowest BCUT2D eigenvalue weighted by molar-refractivity contribution is 0.296. The summed E-state index contributed by atoms with van der Waals surface area (Å²) in [5.74, 6) is 0.530. The van der Waals surface area contributed by atoms with Crippen molar-refractivity contribution in [3.8, 4) is 5.75 Å². The first-order valence-electron chi connectivity index (χ1n) is 5.71. The van der Waals surface area contributed by atoms with Gasteiger partial charge in [-0.2, -0.15) is 0 Å². The monoisotopic (exact) mass is 308 g/mol. The van der Waals surface area contributed by atoms with Crippen LogP contribution in [0.5, 0.6) is 5.75 Å². The fraction of sp³-hybridized carbons (Fsp3) is 0.200. The largest absolute Gasteiger partial charge is 0.487 e. The predicted molar refractivity (Wildman–Crippen MR) is 74.3 cm³/mol. The van der Waals surface area contributed by atoms with Crippen LogP contribution in [-0.4, -0.2) is 0 Å². The Morgan fingerprint density at radius 1 is 1.17 bits per heavy atom. The normalized spacial score (nSPS) is 10.4. The lowest BCUT2D eigenvalue weighted by Crippen LogP contribution is -2.00. The maximum atomic E-state index is 13.5. The average Bonchev–Trinajstić information content (AvgIpc) is 2.30. The first-order chi connectivity index (χ1) is 8.58. The van der Waals surface area contributed by atoms with Crippen LogP contribution in [0.4, 0.5) is 4.39 Å². The molecular formula is C15H14BrFO. The summed E-state index contributed by atoms with van der Waals surface area (Å²) >= 11 is 3.47. The molecule has 0 saturated heterocycles. The number of halogens is 2. The highest BCUT2D eigenvalue weighted by molar-refractivity contribution is 9.10. The second kappa shape index (κ2) is 5.53. The Hall–Kier alpha value is -1.35. The lowest BCUT2D eigenvalue weighted by atomic mass is 10.1. The van der Waals surface area contributed by atoms with Gasteiger partial charge in [0.1, 0.15) is 18.2 Å². The predicted octanol–water partition coefficient (Wildman–Crippen LogP) is 4.78. The Bertz CT molecular complexity index is 543.